The van der Waals surface area contributed by atoms with Gasteiger partial charge in [0.2, 0.25) is 17.7 Å². The zero-order chi connectivity index (χ0) is 22.9. The van der Waals surface area contributed by atoms with Crippen molar-refractivity contribution in [2.24, 2.45) is 11.5 Å². The molecule has 0 heterocycles. The van der Waals surface area contributed by atoms with Crippen molar-refractivity contribution < 1.29 is 24.3 Å². The van der Waals surface area contributed by atoms with Crippen molar-refractivity contribution in [3.05, 3.63) is 0 Å². The third-order valence-electron chi connectivity index (χ3n) is 4.21. The zero-order valence-electron chi connectivity index (χ0n) is 17.6. The van der Waals surface area contributed by atoms with Crippen LogP contribution in [0.3, 0.4) is 0 Å². The molecule has 0 saturated heterocycles. The Morgan fingerprint density at radius 1 is 0.867 bits per heavy atom. The highest BCUT2D eigenvalue weighted by molar-refractivity contribution is 7.98. The van der Waals surface area contributed by atoms with E-state index in [1.807, 2.05) is 12.5 Å². The highest BCUT2D eigenvalue weighted by Gasteiger charge is 2.27. The van der Waals surface area contributed by atoms with E-state index in [0.29, 0.717) is 44.4 Å². The van der Waals surface area contributed by atoms with Crippen LogP contribution in [-0.4, -0.2) is 84.0 Å². The molecule has 10 nitrogen and oxygen atoms in total. The van der Waals surface area contributed by atoms with E-state index in [1.54, 1.807) is 11.8 Å². The number of aliphatic carboxylic acids is 1. The van der Waals surface area contributed by atoms with Crippen LogP contribution in [0.5, 0.6) is 0 Å². The Morgan fingerprint density at radius 3 is 2.00 bits per heavy atom. The predicted octanol–water partition coefficient (Wildman–Crippen LogP) is -0.881. The van der Waals surface area contributed by atoms with Crippen molar-refractivity contribution in [3.8, 4) is 0 Å². The van der Waals surface area contributed by atoms with Crippen LogP contribution in [0.4, 0.5) is 0 Å². The standard InChI is InChI=1S/C18H35N5O5S2/c1-29-9-6-12(20)16(26)22-14(7-10-30-2)18(28)23-13(5-3-4-8-19)17(27)21-11-15(24)25/h12-14H,3-11,19-20H2,1-2H3,(H,21,27)(H,22,26)(H,23,28)(H,24,25). The number of hydrogen-bond donors (Lipinski definition) is 6. The maximum absolute atomic E-state index is 12.8. The number of thioether (sulfide) groups is 2. The molecule has 0 aliphatic rings. The third-order valence-corrected chi connectivity index (χ3v) is 5.50. The molecule has 0 aliphatic heterocycles. The Kier molecular flexibility index (Phi) is 16.3. The number of nitrogens with one attached hydrogen (secondary N) is 3. The molecule has 0 fully saturated rings. The van der Waals surface area contributed by atoms with Gasteiger partial charge in [-0.05, 0) is 62.7 Å². The molecule has 174 valence electrons. The number of amides is 3. The zero-order valence-corrected chi connectivity index (χ0v) is 19.3. The van der Waals surface area contributed by atoms with Crippen LogP contribution in [0.25, 0.3) is 0 Å². The van der Waals surface area contributed by atoms with E-state index < -0.39 is 48.4 Å². The van der Waals surface area contributed by atoms with Gasteiger partial charge in [-0.1, -0.05) is 0 Å². The van der Waals surface area contributed by atoms with Crippen LogP contribution in [0, 0.1) is 0 Å². The number of carboxylic acid groups (broad SMARTS) is 1. The Bertz CT molecular complexity index is 553. The molecule has 3 unspecified atom stereocenters. The molecule has 3 amide bonds. The first-order chi connectivity index (χ1) is 14.3. The maximum Gasteiger partial charge on any atom is 0.322 e. The number of carboxylic acids is 1. The number of rotatable bonds is 17. The minimum Gasteiger partial charge on any atom is -0.480 e. The molecule has 0 aromatic heterocycles. The average molecular weight is 466 g/mol. The Labute approximate surface area is 186 Å². The summed E-state index contributed by atoms with van der Waals surface area (Å²) in [5.74, 6) is -1.34. The van der Waals surface area contributed by atoms with E-state index in [9.17, 15) is 19.2 Å². The van der Waals surface area contributed by atoms with Gasteiger partial charge < -0.3 is 32.5 Å². The average Bonchev–Trinajstić information content (AvgIpc) is 2.72. The maximum atomic E-state index is 12.8. The summed E-state index contributed by atoms with van der Waals surface area (Å²) in [7, 11) is 0. The van der Waals surface area contributed by atoms with Crippen molar-refractivity contribution in [3.63, 3.8) is 0 Å². The van der Waals surface area contributed by atoms with Gasteiger partial charge in [-0.15, -0.1) is 0 Å². The van der Waals surface area contributed by atoms with E-state index in [0.717, 1.165) is 5.75 Å². The van der Waals surface area contributed by atoms with Crippen LogP contribution in [0.15, 0.2) is 0 Å². The number of unbranched alkanes of at least 4 members (excludes halogenated alkanes) is 1. The fraction of sp³-hybridized carbons (Fsp3) is 0.778. The highest BCUT2D eigenvalue weighted by Crippen LogP contribution is 2.06. The van der Waals surface area contributed by atoms with Gasteiger partial charge in [0.25, 0.3) is 0 Å². The fourth-order valence-corrected chi connectivity index (χ4v) is 3.44. The molecule has 0 saturated carbocycles. The van der Waals surface area contributed by atoms with E-state index in [1.165, 1.54) is 11.8 Å². The molecule has 12 heteroatoms. The Balaban J connectivity index is 5.11. The van der Waals surface area contributed by atoms with Gasteiger partial charge in [0.05, 0.1) is 6.04 Å². The SMILES string of the molecule is CSCCC(N)C(=O)NC(CCSC)C(=O)NC(CCCCN)C(=O)NCC(=O)O. The number of carbonyl (C=O) groups excluding carboxylic acids is 3. The summed E-state index contributed by atoms with van der Waals surface area (Å²) in [4.78, 5) is 48.2. The van der Waals surface area contributed by atoms with Crippen molar-refractivity contribution in [2.45, 2.75) is 50.2 Å². The first kappa shape index (κ1) is 28.5. The number of hydrogen-bond acceptors (Lipinski definition) is 8. The first-order valence-corrected chi connectivity index (χ1v) is 12.6. The lowest BCUT2D eigenvalue weighted by atomic mass is 10.1. The van der Waals surface area contributed by atoms with E-state index in [4.69, 9.17) is 16.6 Å². The minimum absolute atomic E-state index is 0.310. The second-order valence-electron chi connectivity index (χ2n) is 6.69. The van der Waals surface area contributed by atoms with Gasteiger partial charge in [0.15, 0.2) is 0 Å². The predicted molar refractivity (Wildman–Crippen MR) is 121 cm³/mol. The lowest BCUT2D eigenvalue weighted by Gasteiger charge is -2.24. The van der Waals surface area contributed by atoms with Crippen LogP contribution in [0.1, 0.15) is 32.1 Å². The quantitative estimate of drug-likeness (QED) is 0.149. The van der Waals surface area contributed by atoms with E-state index >= 15 is 0 Å². The van der Waals surface area contributed by atoms with Crippen LogP contribution in [-0.2, 0) is 19.2 Å². The van der Waals surface area contributed by atoms with E-state index in [2.05, 4.69) is 16.0 Å². The summed E-state index contributed by atoms with van der Waals surface area (Å²) >= 11 is 3.10. The number of carbonyl (C=O) groups is 4. The van der Waals surface area contributed by atoms with Crippen LogP contribution in [0.2, 0.25) is 0 Å². The van der Waals surface area contributed by atoms with Crippen LogP contribution >= 0.6 is 23.5 Å². The van der Waals surface area contributed by atoms with Gasteiger partial charge >= 0.3 is 5.97 Å². The normalized spacial score (nSPS) is 13.7. The molecule has 0 aromatic carbocycles. The van der Waals surface area contributed by atoms with Gasteiger partial charge in [0.1, 0.15) is 18.6 Å². The Hall–Kier alpha value is -1.50. The molecule has 8 N–H and O–H groups in total. The summed E-state index contributed by atoms with van der Waals surface area (Å²) < 4.78 is 0. The molecule has 0 rings (SSSR count). The first-order valence-electron chi connectivity index (χ1n) is 9.80. The second-order valence-corrected chi connectivity index (χ2v) is 8.66. The van der Waals surface area contributed by atoms with Gasteiger partial charge in [0, 0.05) is 0 Å². The molecular weight excluding hydrogens is 430 g/mol. The molecule has 0 bridgehead atoms. The van der Waals surface area contributed by atoms with Crippen LogP contribution < -0.4 is 27.4 Å². The summed E-state index contributed by atoms with van der Waals surface area (Å²) in [5.41, 5.74) is 11.4. The molecule has 0 radical (unpaired) electrons. The van der Waals surface area contributed by atoms with Crippen molar-refractivity contribution in [1.29, 1.82) is 0 Å². The van der Waals surface area contributed by atoms with Crippen molar-refractivity contribution in [1.82, 2.24) is 16.0 Å². The molecule has 3 atom stereocenters. The van der Waals surface area contributed by atoms with Gasteiger partial charge in [-0.3, -0.25) is 19.2 Å². The van der Waals surface area contributed by atoms with Crippen molar-refractivity contribution >= 4 is 47.2 Å². The fourth-order valence-electron chi connectivity index (χ4n) is 2.48. The smallest absolute Gasteiger partial charge is 0.322 e. The Morgan fingerprint density at radius 2 is 1.43 bits per heavy atom. The summed E-state index contributed by atoms with van der Waals surface area (Å²) in [5, 5.41) is 16.4. The van der Waals surface area contributed by atoms with Gasteiger partial charge in [-0.25, -0.2) is 0 Å². The lowest BCUT2D eigenvalue weighted by molar-refractivity contribution is -0.138. The molecule has 30 heavy (non-hydrogen) atoms. The topological polar surface area (TPSA) is 177 Å². The van der Waals surface area contributed by atoms with Gasteiger partial charge in [-0.2, -0.15) is 23.5 Å². The number of nitrogens with two attached hydrogens (primary N) is 2. The third kappa shape index (κ3) is 12.9. The largest absolute Gasteiger partial charge is 0.480 e. The minimum atomic E-state index is -1.18. The second kappa shape index (κ2) is 17.2. The molecule has 0 spiro atoms. The summed E-state index contributed by atoms with van der Waals surface area (Å²) in [6, 6.07) is -2.47. The molecule has 0 aliphatic carbocycles. The van der Waals surface area contributed by atoms with Crippen molar-refractivity contribution in [2.75, 3.05) is 37.1 Å². The summed E-state index contributed by atoms with van der Waals surface area (Å²) in [6.45, 7) is -0.100. The molecular formula is C18H35N5O5S2. The lowest BCUT2D eigenvalue weighted by Crippen LogP contribution is -2.56. The van der Waals surface area contributed by atoms with E-state index in [-0.39, 0.29) is 0 Å². The molecule has 0 aromatic rings. The summed E-state index contributed by atoms with van der Waals surface area (Å²) in [6.07, 6.45) is 6.22. The monoisotopic (exact) mass is 465 g/mol. The highest BCUT2D eigenvalue weighted by atomic mass is 32.2.